The molecular formula is C20H22FN7O. The summed E-state index contributed by atoms with van der Waals surface area (Å²) in [6.07, 6.45) is 7.14. The summed E-state index contributed by atoms with van der Waals surface area (Å²) in [5.41, 5.74) is 5.65. The number of hydrazine groups is 1. The van der Waals surface area contributed by atoms with E-state index in [2.05, 4.69) is 20.4 Å². The third kappa shape index (κ3) is 3.11. The lowest BCUT2D eigenvalue weighted by Gasteiger charge is -2.27. The molecule has 1 atom stereocenters. The predicted octanol–water partition coefficient (Wildman–Crippen LogP) is 2.13. The molecule has 5 rings (SSSR count). The quantitative estimate of drug-likeness (QED) is 0.680. The van der Waals surface area contributed by atoms with Gasteiger partial charge in [-0.15, -0.1) is 0 Å². The van der Waals surface area contributed by atoms with Crippen LogP contribution in [0.25, 0.3) is 5.65 Å². The molecule has 0 aliphatic carbocycles. The van der Waals surface area contributed by atoms with E-state index >= 15 is 0 Å². The van der Waals surface area contributed by atoms with Gasteiger partial charge in [-0.1, -0.05) is 6.92 Å². The van der Waals surface area contributed by atoms with Gasteiger partial charge in [-0.05, 0) is 30.5 Å². The van der Waals surface area contributed by atoms with Crippen molar-refractivity contribution in [3.63, 3.8) is 0 Å². The Balaban J connectivity index is 1.68. The highest BCUT2D eigenvalue weighted by atomic mass is 19.1. The van der Waals surface area contributed by atoms with Gasteiger partial charge in [0.2, 0.25) is 0 Å². The first kappa shape index (κ1) is 18.0. The number of nitrogens with zero attached hydrogens (tertiary/aromatic N) is 6. The molecular weight excluding hydrogens is 373 g/mol. The summed E-state index contributed by atoms with van der Waals surface area (Å²) < 4.78 is 15.7. The fourth-order valence-electron chi connectivity index (χ4n) is 4.26. The molecule has 0 saturated carbocycles. The van der Waals surface area contributed by atoms with Crippen molar-refractivity contribution < 1.29 is 9.18 Å². The van der Waals surface area contributed by atoms with E-state index in [1.807, 2.05) is 24.2 Å². The molecule has 9 heteroatoms. The Labute approximate surface area is 167 Å². The van der Waals surface area contributed by atoms with Gasteiger partial charge in [-0.25, -0.2) is 18.9 Å². The number of anilines is 1. The Morgan fingerprint density at radius 1 is 1.31 bits per heavy atom. The molecule has 0 unspecified atom stereocenters. The molecule has 1 saturated heterocycles. The molecule has 29 heavy (non-hydrogen) atoms. The van der Waals surface area contributed by atoms with E-state index in [1.54, 1.807) is 16.8 Å². The monoisotopic (exact) mass is 395 g/mol. The maximum atomic E-state index is 14.1. The number of amides is 1. The van der Waals surface area contributed by atoms with Gasteiger partial charge in [0.05, 0.1) is 18.4 Å². The molecule has 150 valence electrons. The number of carbonyl (C=O) groups excluding carboxylic acids is 1. The average molecular weight is 395 g/mol. The third-order valence-electron chi connectivity index (χ3n) is 5.74. The topological polar surface area (TPSA) is 78.7 Å². The summed E-state index contributed by atoms with van der Waals surface area (Å²) in [7, 11) is 0. The van der Waals surface area contributed by atoms with Crippen molar-refractivity contribution in [3.8, 4) is 0 Å². The van der Waals surface area contributed by atoms with Crippen molar-refractivity contribution in [3.05, 3.63) is 53.4 Å². The molecule has 2 aliphatic rings. The SMILES string of the molecule is CCN1CCc2ncc(F)cc2[C@H]2CCCN2c2ccn3ncc(c3n2)C(=O)N1. The number of carbonyl (C=O) groups is 1. The molecule has 8 nitrogen and oxygen atoms in total. The molecule has 1 N–H and O–H groups in total. The van der Waals surface area contributed by atoms with Crippen LogP contribution < -0.4 is 10.3 Å². The summed E-state index contributed by atoms with van der Waals surface area (Å²) in [4.78, 5) is 24.2. The van der Waals surface area contributed by atoms with Crippen LogP contribution in [0.1, 0.15) is 47.4 Å². The van der Waals surface area contributed by atoms with Gasteiger partial charge in [0, 0.05) is 37.9 Å². The van der Waals surface area contributed by atoms with Crippen LogP contribution in [0.2, 0.25) is 0 Å². The normalized spacial score (nSPS) is 20.0. The second kappa shape index (κ2) is 7.07. The van der Waals surface area contributed by atoms with E-state index in [0.717, 1.165) is 36.5 Å². The Morgan fingerprint density at radius 3 is 3.07 bits per heavy atom. The zero-order chi connectivity index (χ0) is 20.0. The van der Waals surface area contributed by atoms with Crippen LogP contribution in [-0.4, -0.2) is 50.1 Å². The van der Waals surface area contributed by atoms with Gasteiger partial charge in [0.15, 0.2) is 5.65 Å². The first-order chi connectivity index (χ1) is 14.1. The van der Waals surface area contributed by atoms with Crippen molar-refractivity contribution in [2.75, 3.05) is 24.5 Å². The van der Waals surface area contributed by atoms with E-state index in [-0.39, 0.29) is 17.8 Å². The number of rotatable bonds is 1. The highest BCUT2D eigenvalue weighted by Crippen LogP contribution is 2.37. The number of hydrogen-bond acceptors (Lipinski definition) is 6. The number of pyridine rings is 1. The van der Waals surface area contributed by atoms with Gasteiger partial charge in [0.25, 0.3) is 5.91 Å². The van der Waals surface area contributed by atoms with Crippen LogP contribution in [0.15, 0.2) is 30.7 Å². The van der Waals surface area contributed by atoms with Gasteiger partial charge in [-0.3, -0.25) is 15.2 Å². The Morgan fingerprint density at radius 2 is 2.21 bits per heavy atom. The largest absolute Gasteiger partial charge is 0.349 e. The summed E-state index contributed by atoms with van der Waals surface area (Å²) in [6.45, 7) is 4.01. The fourth-order valence-corrected chi connectivity index (χ4v) is 4.26. The number of aromatic nitrogens is 4. The van der Waals surface area contributed by atoms with Crippen LogP contribution in [-0.2, 0) is 6.42 Å². The van der Waals surface area contributed by atoms with Crippen LogP contribution in [0.3, 0.4) is 0 Å². The maximum absolute atomic E-state index is 14.1. The van der Waals surface area contributed by atoms with E-state index in [0.29, 0.717) is 30.7 Å². The van der Waals surface area contributed by atoms with Gasteiger partial charge in [0.1, 0.15) is 17.2 Å². The number of fused-ring (bicyclic) bond motifs is 5. The Hall–Kier alpha value is -3.07. The minimum Gasteiger partial charge on any atom is -0.349 e. The molecule has 0 aromatic carbocycles. The first-order valence-corrected chi connectivity index (χ1v) is 9.95. The molecule has 2 bridgehead atoms. The summed E-state index contributed by atoms with van der Waals surface area (Å²) >= 11 is 0. The van der Waals surface area contributed by atoms with Crippen molar-refractivity contribution in [1.82, 2.24) is 30.0 Å². The van der Waals surface area contributed by atoms with Crippen molar-refractivity contribution in [2.45, 2.75) is 32.2 Å². The second-order valence-electron chi connectivity index (χ2n) is 7.42. The predicted molar refractivity (Wildman–Crippen MR) is 105 cm³/mol. The lowest BCUT2D eigenvalue weighted by Crippen LogP contribution is -2.43. The van der Waals surface area contributed by atoms with Crippen molar-refractivity contribution in [1.29, 1.82) is 0 Å². The van der Waals surface area contributed by atoms with Crippen LogP contribution in [0.5, 0.6) is 0 Å². The van der Waals surface area contributed by atoms with Crippen LogP contribution in [0, 0.1) is 5.82 Å². The standard InChI is InChI=1S/C20H22FN7O/c1-2-26-8-5-16-14(10-13(21)11-22-16)17-4-3-7-27(17)18-6-9-28-19(24-18)15(12-23-28)20(29)25-26/h6,9-12,17H,2-5,7-8H2,1H3,(H,25,29)/t17-/m1/s1. The lowest BCUT2D eigenvalue weighted by atomic mass is 10.0. The summed E-state index contributed by atoms with van der Waals surface area (Å²) in [5.74, 6) is 0.189. The number of halogens is 1. The van der Waals surface area contributed by atoms with E-state index in [4.69, 9.17) is 4.98 Å². The van der Waals surface area contributed by atoms with Crippen LogP contribution >= 0.6 is 0 Å². The number of likely N-dealkylation sites (N-methyl/N-ethyl adjacent to an activating group) is 1. The maximum Gasteiger partial charge on any atom is 0.271 e. The minimum atomic E-state index is -0.331. The lowest BCUT2D eigenvalue weighted by molar-refractivity contribution is 0.0800. The molecule has 2 aliphatic heterocycles. The zero-order valence-corrected chi connectivity index (χ0v) is 16.2. The molecule has 3 aromatic rings. The second-order valence-corrected chi connectivity index (χ2v) is 7.42. The molecule has 5 heterocycles. The first-order valence-electron chi connectivity index (χ1n) is 9.95. The van der Waals surface area contributed by atoms with E-state index in [1.165, 1.54) is 6.20 Å². The summed E-state index contributed by atoms with van der Waals surface area (Å²) in [6, 6.07) is 3.50. The van der Waals surface area contributed by atoms with Crippen molar-refractivity contribution >= 4 is 17.4 Å². The molecule has 0 spiro atoms. The fraction of sp³-hybridized carbons (Fsp3) is 0.400. The van der Waals surface area contributed by atoms with Gasteiger partial charge in [-0.2, -0.15) is 5.10 Å². The minimum absolute atomic E-state index is 0.00834. The number of hydrogen-bond donors (Lipinski definition) is 1. The van der Waals surface area contributed by atoms with Crippen LogP contribution in [0.4, 0.5) is 10.2 Å². The van der Waals surface area contributed by atoms with E-state index < -0.39 is 0 Å². The van der Waals surface area contributed by atoms with Gasteiger partial charge >= 0.3 is 0 Å². The Bertz CT molecular complexity index is 1080. The molecule has 1 amide bonds. The summed E-state index contributed by atoms with van der Waals surface area (Å²) in [5, 5.41) is 6.11. The Kier molecular flexibility index (Phi) is 4.39. The highest BCUT2D eigenvalue weighted by molar-refractivity contribution is 5.99. The third-order valence-corrected chi connectivity index (χ3v) is 5.74. The number of nitrogens with one attached hydrogen (secondary N) is 1. The average Bonchev–Trinajstić information content (AvgIpc) is 3.37. The molecule has 3 aromatic heterocycles. The molecule has 1 fully saturated rings. The molecule has 0 radical (unpaired) electrons. The van der Waals surface area contributed by atoms with E-state index in [9.17, 15) is 9.18 Å². The smallest absolute Gasteiger partial charge is 0.271 e. The van der Waals surface area contributed by atoms with Crippen molar-refractivity contribution in [2.24, 2.45) is 0 Å². The zero-order valence-electron chi connectivity index (χ0n) is 16.2. The highest BCUT2D eigenvalue weighted by Gasteiger charge is 2.31. The van der Waals surface area contributed by atoms with Gasteiger partial charge < -0.3 is 4.90 Å².